The third kappa shape index (κ3) is 3.16. The van der Waals surface area contributed by atoms with Gasteiger partial charge in [-0.3, -0.25) is 9.59 Å². The zero-order chi connectivity index (χ0) is 18.0. The number of esters is 1. The van der Waals surface area contributed by atoms with Crippen molar-refractivity contribution in [2.45, 2.75) is 39.7 Å². The minimum absolute atomic E-state index is 0.0765. The van der Waals surface area contributed by atoms with Crippen LogP contribution in [-0.2, 0) is 9.53 Å². The van der Waals surface area contributed by atoms with E-state index >= 15 is 0 Å². The van der Waals surface area contributed by atoms with Gasteiger partial charge in [-0.25, -0.2) is 4.79 Å². The van der Waals surface area contributed by atoms with Crippen LogP contribution in [0.2, 0.25) is 0 Å². The SMILES string of the molecule is CCOC(=O)c1c(C)[nH]c(C(=O)N2CCCC2C(=O)N(C)C)c1C. The molecule has 1 unspecified atom stereocenters. The zero-order valence-electron chi connectivity index (χ0n) is 14.9. The lowest BCUT2D eigenvalue weighted by Crippen LogP contribution is -2.45. The third-order valence-electron chi connectivity index (χ3n) is 4.37. The summed E-state index contributed by atoms with van der Waals surface area (Å²) < 4.78 is 5.05. The Hall–Kier alpha value is -2.31. The van der Waals surface area contributed by atoms with E-state index in [2.05, 4.69) is 4.98 Å². The van der Waals surface area contributed by atoms with Crippen LogP contribution in [0.15, 0.2) is 0 Å². The second kappa shape index (κ2) is 7.07. The molecule has 1 aliphatic heterocycles. The van der Waals surface area contributed by atoms with Crippen LogP contribution in [-0.4, -0.2) is 65.9 Å². The van der Waals surface area contributed by atoms with Gasteiger partial charge in [-0.1, -0.05) is 0 Å². The maximum Gasteiger partial charge on any atom is 0.340 e. The van der Waals surface area contributed by atoms with Crippen molar-refractivity contribution in [3.05, 3.63) is 22.5 Å². The van der Waals surface area contributed by atoms with Crippen LogP contribution in [0.5, 0.6) is 0 Å². The topological polar surface area (TPSA) is 82.7 Å². The molecule has 0 radical (unpaired) electrons. The first-order chi connectivity index (χ1) is 11.3. The molecule has 0 aliphatic carbocycles. The Morgan fingerprint density at radius 1 is 1.29 bits per heavy atom. The summed E-state index contributed by atoms with van der Waals surface area (Å²) in [5, 5.41) is 0. The molecular formula is C17H25N3O4. The smallest absolute Gasteiger partial charge is 0.340 e. The molecule has 7 heteroatoms. The van der Waals surface area contributed by atoms with E-state index in [-0.39, 0.29) is 18.4 Å². The predicted octanol–water partition coefficient (Wildman–Crippen LogP) is 1.50. The van der Waals surface area contributed by atoms with Crippen LogP contribution in [0.1, 0.15) is 51.9 Å². The summed E-state index contributed by atoms with van der Waals surface area (Å²) in [6.07, 6.45) is 1.45. The highest BCUT2D eigenvalue weighted by Gasteiger charge is 2.37. The molecule has 0 aromatic carbocycles. The van der Waals surface area contributed by atoms with Crippen molar-refractivity contribution >= 4 is 17.8 Å². The Labute approximate surface area is 141 Å². The average molecular weight is 335 g/mol. The third-order valence-corrected chi connectivity index (χ3v) is 4.37. The number of carbonyl (C=O) groups excluding carboxylic acids is 3. The molecule has 2 heterocycles. The Kier molecular flexibility index (Phi) is 5.31. The van der Waals surface area contributed by atoms with Gasteiger partial charge in [0.2, 0.25) is 5.91 Å². The number of nitrogens with one attached hydrogen (secondary N) is 1. The number of aromatic nitrogens is 1. The number of aromatic amines is 1. The van der Waals surface area contributed by atoms with E-state index in [1.165, 1.54) is 4.90 Å². The molecule has 7 nitrogen and oxygen atoms in total. The summed E-state index contributed by atoms with van der Waals surface area (Å²) in [6.45, 7) is 6.01. The highest BCUT2D eigenvalue weighted by molar-refractivity contribution is 6.02. The second-order valence-electron chi connectivity index (χ2n) is 6.23. The monoisotopic (exact) mass is 335 g/mol. The van der Waals surface area contributed by atoms with Gasteiger partial charge in [0.25, 0.3) is 5.91 Å². The number of rotatable bonds is 4. The molecule has 2 rings (SSSR count). The Morgan fingerprint density at radius 3 is 2.54 bits per heavy atom. The summed E-state index contributed by atoms with van der Waals surface area (Å²) in [4.78, 5) is 43.4. The van der Waals surface area contributed by atoms with Gasteiger partial charge in [-0.05, 0) is 39.2 Å². The molecule has 1 aliphatic rings. The number of likely N-dealkylation sites (N-methyl/N-ethyl adjacent to an activating group) is 1. The van der Waals surface area contributed by atoms with E-state index in [9.17, 15) is 14.4 Å². The maximum absolute atomic E-state index is 12.9. The fourth-order valence-electron chi connectivity index (χ4n) is 3.18. The molecule has 0 bridgehead atoms. The number of hydrogen-bond donors (Lipinski definition) is 1. The van der Waals surface area contributed by atoms with Crippen molar-refractivity contribution in [3.8, 4) is 0 Å². The summed E-state index contributed by atoms with van der Waals surface area (Å²) in [6, 6.07) is -0.443. The number of ether oxygens (including phenoxy) is 1. The van der Waals surface area contributed by atoms with E-state index in [1.807, 2.05) is 0 Å². The van der Waals surface area contributed by atoms with Gasteiger partial charge in [-0.2, -0.15) is 0 Å². The van der Waals surface area contributed by atoms with E-state index < -0.39 is 12.0 Å². The molecule has 24 heavy (non-hydrogen) atoms. The van der Waals surface area contributed by atoms with Gasteiger partial charge >= 0.3 is 5.97 Å². The molecule has 1 saturated heterocycles. The largest absolute Gasteiger partial charge is 0.462 e. The van der Waals surface area contributed by atoms with E-state index in [1.54, 1.807) is 39.8 Å². The van der Waals surface area contributed by atoms with Crippen LogP contribution in [0.25, 0.3) is 0 Å². The van der Waals surface area contributed by atoms with Crippen LogP contribution >= 0.6 is 0 Å². The lowest BCUT2D eigenvalue weighted by molar-refractivity contribution is -0.132. The van der Waals surface area contributed by atoms with E-state index in [0.717, 1.165) is 6.42 Å². The number of hydrogen-bond acceptors (Lipinski definition) is 4. The van der Waals surface area contributed by atoms with Crippen molar-refractivity contribution < 1.29 is 19.1 Å². The molecule has 132 valence electrons. The zero-order valence-corrected chi connectivity index (χ0v) is 14.9. The van der Waals surface area contributed by atoms with Crippen LogP contribution in [0.4, 0.5) is 0 Å². The molecule has 1 N–H and O–H groups in total. The molecule has 1 atom stereocenters. The summed E-state index contributed by atoms with van der Waals surface area (Å²) in [5.74, 6) is -0.763. The first-order valence-electron chi connectivity index (χ1n) is 8.18. The molecule has 2 amide bonds. The quantitative estimate of drug-likeness (QED) is 0.845. The average Bonchev–Trinajstić information content (AvgIpc) is 3.10. The number of likely N-dealkylation sites (tertiary alicyclic amines) is 1. The molecule has 1 fully saturated rings. The highest BCUT2D eigenvalue weighted by atomic mass is 16.5. The standard InChI is InChI=1S/C17H25N3O4/c1-6-24-17(23)13-10(2)14(18-11(13)3)16(22)20-9-7-8-12(20)15(21)19(4)5/h12,18H,6-9H2,1-5H3. The van der Waals surface area contributed by atoms with E-state index in [4.69, 9.17) is 4.74 Å². The number of nitrogens with zero attached hydrogens (tertiary/aromatic N) is 2. The number of aryl methyl sites for hydroxylation is 1. The van der Waals surface area contributed by atoms with Gasteiger partial charge in [0.1, 0.15) is 11.7 Å². The summed E-state index contributed by atoms with van der Waals surface area (Å²) >= 11 is 0. The van der Waals surface area contributed by atoms with Crippen molar-refractivity contribution in [1.82, 2.24) is 14.8 Å². The van der Waals surface area contributed by atoms with E-state index in [0.29, 0.717) is 35.5 Å². The number of carbonyl (C=O) groups is 3. The molecular weight excluding hydrogens is 310 g/mol. The van der Waals surface area contributed by atoms with Gasteiger partial charge in [-0.15, -0.1) is 0 Å². The Balaban J connectivity index is 2.32. The molecule has 0 spiro atoms. The number of H-pyrrole nitrogens is 1. The van der Waals surface area contributed by atoms with Gasteiger partial charge < -0.3 is 19.5 Å². The van der Waals surface area contributed by atoms with Crippen LogP contribution in [0.3, 0.4) is 0 Å². The molecule has 1 aromatic heterocycles. The van der Waals surface area contributed by atoms with Crippen LogP contribution < -0.4 is 0 Å². The lowest BCUT2D eigenvalue weighted by atomic mass is 10.1. The molecule has 1 aromatic rings. The van der Waals surface area contributed by atoms with Crippen molar-refractivity contribution in [3.63, 3.8) is 0 Å². The fourth-order valence-corrected chi connectivity index (χ4v) is 3.18. The van der Waals surface area contributed by atoms with Gasteiger partial charge in [0.15, 0.2) is 0 Å². The Bertz CT molecular complexity index is 663. The normalized spacial score (nSPS) is 17.0. The molecule has 0 saturated carbocycles. The minimum atomic E-state index is -0.443. The first kappa shape index (κ1) is 18.0. The second-order valence-corrected chi connectivity index (χ2v) is 6.23. The fraction of sp³-hybridized carbons (Fsp3) is 0.588. The van der Waals surface area contributed by atoms with Crippen LogP contribution in [0, 0.1) is 13.8 Å². The van der Waals surface area contributed by atoms with Crippen molar-refractivity contribution in [2.75, 3.05) is 27.2 Å². The Morgan fingerprint density at radius 2 is 1.96 bits per heavy atom. The summed E-state index contributed by atoms with van der Waals surface area (Å²) in [7, 11) is 3.37. The van der Waals surface area contributed by atoms with Gasteiger partial charge in [0.05, 0.1) is 12.2 Å². The number of amides is 2. The van der Waals surface area contributed by atoms with Crippen molar-refractivity contribution in [2.24, 2.45) is 0 Å². The van der Waals surface area contributed by atoms with Crippen molar-refractivity contribution in [1.29, 1.82) is 0 Å². The first-order valence-corrected chi connectivity index (χ1v) is 8.18. The maximum atomic E-state index is 12.9. The predicted molar refractivity (Wildman–Crippen MR) is 89.0 cm³/mol. The highest BCUT2D eigenvalue weighted by Crippen LogP contribution is 2.25. The minimum Gasteiger partial charge on any atom is -0.462 e. The summed E-state index contributed by atoms with van der Waals surface area (Å²) in [5.41, 5.74) is 1.92. The van der Waals surface area contributed by atoms with Gasteiger partial charge in [0, 0.05) is 26.3 Å². The lowest BCUT2D eigenvalue weighted by Gasteiger charge is -2.26.